The highest BCUT2D eigenvalue weighted by Crippen LogP contribution is 2.40. The van der Waals surface area contributed by atoms with E-state index in [1.165, 1.54) is 11.1 Å². The van der Waals surface area contributed by atoms with Crippen molar-refractivity contribution in [3.8, 4) is 0 Å². The van der Waals surface area contributed by atoms with Gasteiger partial charge in [0.05, 0.1) is 5.60 Å². The van der Waals surface area contributed by atoms with Gasteiger partial charge in [-0.3, -0.25) is 9.69 Å². The largest absolute Gasteiger partial charge is 0.480 e. The van der Waals surface area contributed by atoms with Crippen molar-refractivity contribution in [1.29, 1.82) is 0 Å². The first-order chi connectivity index (χ1) is 20.0. The lowest BCUT2D eigenvalue weighted by Gasteiger charge is -2.40. The summed E-state index contributed by atoms with van der Waals surface area (Å²) in [6, 6.07) is 26.2. The molecule has 0 radical (unpaired) electrons. The van der Waals surface area contributed by atoms with Crippen LogP contribution in [0.4, 0.5) is 0 Å². The van der Waals surface area contributed by atoms with Crippen molar-refractivity contribution >= 4 is 28.1 Å². The number of fused-ring (bicyclic) bond motifs is 1. The summed E-state index contributed by atoms with van der Waals surface area (Å²) in [4.78, 5) is 17.5. The van der Waals surface area contributed by atoms with Crippen LogP contribution in [0.25, 0.3) is 10.8 Å². The Morgan fingerprint density at radius 3 is 2.46 bits per heavy atom. The molecule has 3 heterocycles. The van der Waals surface area contributed by atoms with Crippen LogP contribution < -0.4 is 0 Å². The highest BCUT2D eigenvalue weighted by Gasteiger charge is 2.42. The number of carbonyl (C=O) groups is 1. The fraction of sp³-hybridized carbons (Fsp3) is 0.400. The first-order valence-electron chi connectivity index (χ1n) is 14.9. The molecule has 2 saturated heterocycles. The lowest BCUT2D eigenvalue weighted by molar-refractivity contribution is -0.143. The van der Waals surface area contributed by atoms with Gasteiger partial charge in [0.25, 0.3) is 0 Å². The third-order valence-corrected chi connectivity index (χ3v) is 10.1. The van der Waals surface area contributed by atoms with Gasteiger partial charge in [-0.25, -0.2) is 0 Å². The summed E-state index contributed by atoms with van der Waals surface area (Å²) in [6.45, 7) is 4.19. The molecule has 0 spiro atoms. The number of carboxylic acids is 1. The van der Waals surface area contributed by atoms with Gasteiger partial charge in [-0.2, -0.15) is 11.3 Å². The maximum atomic E-state index is 12.8. The Hall–Kier alpha value is -3.03. The minimum atomic E-state index is -0.787. The summed E-state index contributed by atoms with van der Waals surface area (Å²) in [7, 11) is 0. The number of rotatable bonds is 10. The second-order valence-corrected chi connectivity index (χ2v) is 12.8. The molecule has 6 heteroatoms. The second-order valence-electron chi connectivity index (χ2n) is 12.1. The fourth-order valence-corrected chi connectivity index (χ4v) is 7.86. The molecule has 6 rings (SSSR count). The summed E-state index contributed by atoms with van der Waals surface area (Å²) in [5.74, 6) is -0.153. The lowest BCUT2D eigenvalue weighted by atomic mass is 9.84. The van der Waals surface area contributed by atoms with Crippen molar-refractivity contribution in [3.63, 3.8) is 0 Å². The number of nitrogens with zero attached hydrogens (tertiary/aromatic N) is 2. The molecule has 2 aliphatic heterocycles. The maximum absolute atomic E-state index is 12.8. The van der Waals surface area contributed by atoms with Crippen molar-refractivity contribution in [2.24, 2.45) is 5.92 Å². The molecular formula is C35H40N2O3S. The van der Waals surface area contributed by atoms with E-state index in [-0.39, 0.29) is 0 Å². The quantitative estimate of drug-likeness (QED) is 0.226. The molecule has 2 aliphatic rings. The molecule has 1 aromatic heterocycles. The normalized spacial score (nSPS) is 22.2. The van der Waals surface area contributed by atoms with Crippen molar-refractivity contribution in [2.75, 3.05) is 32.7 Å². The van der Waals surface area contributed by atoms with E-state index in [9.17, 15) is 15.0 Å². The van der Waals surface area contributed by atoms with Gasteiger partial charge in [0.1, 0.15) is 6.04 Å². The number of thiophene rings is 1. The van der Waals surface area contributed by atoms with Crippen LogP contribution in [0.5, 0.6) is 0 Å². The van der Waals surface area contributed by atoms with E-state index in [1.54, 1.807) is 11.3 Å². The Balaban J connectivity index is 1.13. The third-order valence-electron chi connectivity index (χ3n) is 9.39. The highest BCUT2D eigenvalue weighted by atomic mass is 32.1. The monoisotopic (exact) mass is 568 g/mol. The molecule has 0 amide bonds. The standard InChI is InChI=1S/C35H40N2O3S/c38-34(39)33(31-14-6-12-27-11-4-5-13-30(27)31)37-23-29(32(24-37)28-15-21-41-25-28)22-36-19-17-35(40,18-20-36)16-7-10-26-8-2-1-3-9-26/h1-6,8-9,11-15,21,25,29,32-33,40H,7,10,16-20,22-24H2,(H,38,39). The number of aliphatic carboxylic acids is 1. The SMILES string of the molecule is O=C(O)C(c1cccc2ccccc12)N1CC(CN2CCC(O)(CCCc3ccccc3)CC2)C(c2ccsc2)C1. The molecule has 3 atom stereocenters. The van der Waals surface area contributed by atoms with E-state index in [4.69, 9.17) is 0 Å². The average molecular weight is 569 g/mol. The predicted molar refractivity (Wildman–Crippen MR) is 166 cm³/mol. The number of piperidine rings is 1. The zero-order chi connectivity index (χ0) is 28.2. The maximum Gasteiger partial charge on any atom is 0.325 e. The van der Waals surface area contributed by atoms with E-state index in [0.29, 0.717) is 11.8 Å². The molecule has 2 N–H and O–H groups in total. The van der Waals surface area contributed by atoms with Crippen LogP contribution in [-0.2, 0) is 11.2 Å². The fourth-order valence-electron chi connectivity index (χ4n) is 7.14. The van der Waals surface area contributed by atoms with Gasteiger partial charge in [0.2, 0.25) is 0 Å². The van der Waals surface area contributed by atoms with Gasteiger partial charge in [-0.15, -0.1) is 0 Å². The molecule has 5 nitrogen and oxygen atoms in total. The zero-order valence-electron chi connectivity index (χ0n) is 23.6. The number of aryl methyl sites for hydroxylation is 1. The van der Waals surface area contributed by atoms with Crippen LogP contribution in [0.3, 0.4) is 0 Å². The van der Waals surface area contributed by atoms with Crippen LogP contribution in [-0.4, -0.2) is 64.3 Å². The molecule has 0 saturated carbocycles. The first-order valence-corrected chi connectivity index (χ1v) is 15.9. The van der Waals surface area contributed by atoms with Crippen LogP contribution in [0.2, 0.25) is 0 Å². The van der Waals surface area contributed by atoms with Crippen molar-refractivity contribution < 1.29 is 15.0 Å². The summed E-state index contributed by atoms with van der Waals surface area (Å²) in [5.41, 5.74) is 2.95. The van der Waals surface area contributed by atoms with E-state index >= 15 is 0 Å². The third kappa shape index (κ3) is 6.41. The van der Waals surface area contributed by atoms with Crippen LogP contribution in [0.15, 0.2) is 89.6 Å². The Labute approximate surface area is 247 Å². The van der Waals surface area contributed by atoms with E-state index in [2.05, 4.69) is 63.0 Å². The molecule has 41 heavy (non-hydrogen) atoms. The predicted octanol–water partition coefficient (Wildman–Crippen LogP) is 6.59. The molecule has 0 aliphatic carbocycles. The Bertz CT molecular complexity index is 1430. The van der Waals surface area contributed by atoms with Crippen molar-refractivity contribution in [3.05, 3.63) is 106 Å². The summed E-state index contributed by atoms with van der Waals surface area (Å²) < 4.78 is 0. The van der Waals surface area contributed by atoms with E-state index in [1.807, 2.05) is 36.4 Å². The topological polar surface area (TPSA) is 64.0 Å². The van der Waals surface area contributed by atoms with Gasteiger partial charge < -0.3 is 15.1 Å². The molecule has 3 aromatic carbocycles. The minimum absolute atomic E-state index is 0.296. The Morgan fingerprint density at radius 2 is 1.71 bits per heavy atom. The Morgan fingerprint density at radius 1 is 0.951 bits per heavy atom. The smallest absolute Gasteiger partial charge is 0.325 e. The van der Waals surface area contributed by atoms with Gasteiger partial charge in [0.15, 0.2) is 0 Å². The molecule has 2 fully saturated rings. The number of likely N-dealkylation sites (tertiary alicyclic amines) is 2. The van der Waals surface area contributed by atoms with E-state index < -0.39 is 17.6 Å². The molecule has 214 valence electrons. The van der Waals surface area contributed by atoms with Crippen LogP contribution in [0.1, 0.15) is 54.3 Å². The van der Waals surface area contributed by atoms with Crippen LogP contribution in [0, 0.1) is 5.92 Å². The number of hydrogen-bond donors (Lipinski definition) is 2. The van der Waals surface area contributed by atoms with Crippen molar-refractivity contribution in [2.45, 2.75) is 49.7 Å². The molecule has 0 bridgehead atoms. The minimum Gasteiger partial charge on any atom is -0.480 e. The molecule has 3 unspecified atom stereocenters. The van der Waals surface area contributed by atoms with Crippen molar-refractivity contribution in [1.82, 2.24) is 9.80 Å². The summed E-state index contributed by atoms with van der Waals surface area (Å²) in [5, 5.41) is 28.3. The summed E-state index contributed by atoms with van der Waals surface area (Å²) in [6.07, 6.45) is 4.46. The van der Waals surface area contributed by atoms with Gasteiger partial charge in [0, 0.05) is 38.6 Å². The van der Waals surface area contributed by atoms with Gasteiger partial charge in [-0.1, -0.05) is 72.8 Å². The molecular weight excluding hydrogens is 528 g/mol. The number of aliphatic hydroxyl groups is 1. The highest BCUT2D eigenvalue weighted by molar-refractivity contribution is 7.08. The number of benzene rings is 3. The Kier molecular flexibility index (Phi) is 8.54. The average Bonchev–Trinajstić information content (AvgIpc) is 3.66. The molecule has 4 aromatic rings. The van der Waals surface area contributed by atoms with Gasteiger partial charge >= 0.3 is 5.97 Å². The van der Waals surface area contributed by atoms with E-state index in [0.717, 1.165) is 81.2 Å². The van der Waals surface area contributed by atoms with Crippen LogP contribution >= 0.6 is 11.3 Å². The van der Waals surface area contributed by atoms with Gasteiger partial charge in [-0.05, 0) is 82.3 Å². The first kappa shape index (κ1) is 28.1. The zero-order valence-corrected chi connectivity index (χ0v) is 24.4. The lowest BCUT2D eigenvalue weighted by Crippen LogP contribution is -2.46. The number of hydrogen-bond acceptors (Lipinski definition) is 5. The number of carboxylic acid groups (broad SMARTS) is 1. The second kappa shape index (κ2) is 12.5. The summed E-state index contributed by atoms with van der Waals surface area (Å²) >= 11 is 1.71.